The van der Waals surface area contributed by atoms with E-state index in [9.17, 15) is 4.79 Å². The molecule has 1 amide bonds. The molecule has 0 aliphatic rings. The third kappa shape index (κ3) is 5.44. The van der Waals surface area contributed by atoms with Crippen LogP contribution in [0.3, 0.4) is 0 Å². The number of amides is 1. The highest BCUT2D eigenvalue weighted by Crippen LogP contribution is 2.26. The maximum absolute atomic E-state index is 12.6. The zero-order valence-electron chi connectivity index (χ0n) is 17.5. The first kappa shape index (κ1) is 21.0. The van der Waals surface area contributed by atoms with Crippen molar-refractivity contribution < 1.29 is 4.79 Å². The minimum absolute atomic E-state index is 0.132. The Balaban J connectivity index is 1.75. The number of thioether (sulfide) groups is 1. The number of para-hydroxylation sites is 1. The van der Waals surface area contributed by atoms with E-state index in [1.165, 1.54) is 11.8 Å². The van der Waals surface area contributed by atoms with Crippen molar-refractivity contribution in [3.63, 3.8) is 0 Å². The van der Waals surface area contributed by atoms with Gasteiger partial charge in [-0.15, -0.1) is 5.10 Å². The fraction of sp³-hybridized carbons (Fsp3) is 0.450. The molecule has 0 unspecified atom stereocenters. The van der Waals surface area contributed by atoms with Crippen molar-refractivity contribution >= 4 is 23.5 Å². The van der Waals surface area contributed by atoms with Crippen LogP contribution in [-0.2, 0) is 16.8 Å². The summed E-state index contributed by atoms with van der Waals surface area (Å²) in [5.74, 6) is 1.14. The highest BCUT2D eigenvalue weighted by molar-refractivity contribution is 7.99. The summed E-state index contributed by atoms with van der Waals surface area (Å²) in [6.07, 6.45) is 0. The van der Waals surface area contributed by atoms with E-state index in [-0.39, 0.29) is 17.1 Å². The highest BCUT2D eigenvalue weighted by Gasteiger charge is 2.21. The third-order valence-electron chi connectivity index (χ3n) is 4.12. The largest absolute Gasteiger partial charge is 0.310 e. The lowest BCUT2D eigenvalue weighted by Gasteiger charge is -2.14. The summed E-state index contributed by atoms with van der Waals surface area (Å²) in [7, 11) is 0. The standard InChI is InChI=1S/C20H27N7OS/c1-14(2)12-26-19(22-24-25-26)29-13-18(28)21-17-11-16(20(3,4)5)23-27(17)15-9-7-6-8-10-15/h6-11,14H,12-13H2,1-5H3,(H,21,28). The third-order valence-corrected chi connectivity index (χ3v) is 5.07. The molecule has 2 heterocycles. The summed E-state index contributed by atoms with van der Waals surface area (Å²) < 4.78 is 3.50. The average Bonchev–Trinajstić information content (AvgIpc) is 3.27. The van der Waals surface area contributed by atoms with E-state index in [1.807, 2.05) is 36.4 Å². The first-order valence-corrected chi connectivity index (χ1v) is 10.6. The number of nitrogens with one attached hydrogen (secondary N) is 1. The average molecular weight is 414 g/mol. The number of tetrazole rings is 1. The van der Waals surface area contributed by atoms with Gasteiger partial charge in [0, 0.05) is 18.0 Å². The van der Waals surface area contributed by atoms with Gasteiger partial charge in [-0.1, -0.05) is 64.6 Å². The van der Waals surface area contributed by atoms with E-state index < -0.39 is 0 Å². The van der Waals surface area contributed by atoms with Gasteiger partial charge in [0.05, 0.1) is 17.1 Å². The maximum atomic E-state index is 12.6. The molecule has 0 radical (unpaired) electrons. The smallest absolute Gasteiger partial charge is 0.236 e. The number of anilines is 1. The lowest BCUT2D eigenvalue weighted by molar-refractivity contribution is -0.113. The minimum Gasteiger partial charge on any atom is -0.310 e. The number of aromatic nitrogens is 6. The summed E-state index contributed by atoms with van der Waals surface area (Å²) in [5.41, 5.74) is 1.67. The summed E-state index contributed by atoms with van der Waals surface area (Å²) >= 11 is 1.32. The Morgan fingerprint density at radius 1 is 1.21 bits per heavy atom. The molecule has 154 valence electrons. The zero-order chi connectivity index (χ0) is 21.0. The van der Waals surface area contributed by atoms with E-state index >= 15 is 0 Å². The molecule has 0 fully saturated rings. The van der Waals surface area contributed by atoms with Gasteiger partial charge < -0.3 is 5.32 Å². The van der Waals surface area contributed by atoms with Gasteiger partial charge in [0.15, 0.2) is 0 Å². The maximum Gasteiger partial charge on any atom is 0.236 e. The Morgan fingerprint density at radius 3 is 2.59 bits per heavy atom. The quantitative estimate of drug-likeness (QED) is 0.596. The molecule has 0 spiro atoms. The first-order chi connectivity index (χ1) is 13.7. The van der Waals surface area contributed by atoms with E-state index in [1.54, 1.807) is 9.36 Å². The molecule has 0 aliphatic carbocycles. The van der Waals surface area contributed by atoms with Crippen molar-refractivity contribution in [2.24, 2.45) is 5.92 Å². The van der Waals surface area contributed by atoms with E-state index in [0.29, 0.717) is 23.4 Å². The van der Waals surface area contributed by atoms with Gasteiger partial charge in [-0.2, -0.15) is 5.10 Å². The SMILES string of the molecule is CC(C)Cn1nnnc1SCC(=O)Nc1cc(C(C)(C)C)nn1-c1ccccc1. The second kappa shape index (κ2) is 8.77. The van der Waals surface area contributed by atoms with Crippen LogP contribution in [0.4, 0.5) is 5.82 Å². The number of benzene rings is 1. The van der Waals surface area contributed by atoms with Crippen LogP contribution in [0.1, 0.15) is 40.3 Å². The molecule has 0 saturated carbocycles. The number of carbonyl (C=O) groups excluding carboxylic acids is 1. The first-order valence-electron chi connectivity index (χ1n) is 9.59. The molecular formula is C20H27N7OS. The lowest BCUT2D eigenvalue weighted by atomic mass is 9.92. The summed E-state index contributed by atoms with van der Waals surface area (Å²) in [6, 6.07) is 11.7. The second-order valence-corrected chi connectivity index (χ2v) is 9.23. The molecule has 2 aromatic heterocycles. The molecule has 1 N–H and O–H groups in total. The van der Waals surface area contributed by atoms with Gasteiger partial charge in [0.2, 0.25) is 11.1 Å². The monoisotopic (exact) mass is 413 g/mol. The highest BCUT2D eigenvalue weighted by atomic mass is 32.2. The number of carbonyl (C=O) groups is 1. The molecule has 0 bridgehead atoms. The van der Waals surface area contributed by atoms with Gasteiger partial charge in [0.25, 0.3) is 0 Å². The molecule has 3 aromatic rings. The van der Waals surface area contributed by atoms with Crippen LogP contribution >= 0.6 is 11.8 Å². The number of hydrogen-bond donors (Lipinski definition) is 1. The van der Waals surface area contributed by atoms with Crippen LogP contribution in [0, 0.1) is 5.92 Å². The zero-order valence-corrected chi connectivity index (χ0v) is 18.3. The minimum atomic E-state index is -0.133. The van der Waals surface area contributed by atoms with Crippen LogP contribution in [0.2, 0.25) is 0 Å². The van der Waals surface area contributed by atoms with Gasteiger partial charge in [-0.3, -0.25) is 4.79 Å². The van der Waals surface area contributed by atoms with Gasteiger partial charge in [-0.05, 0) is 28.5 Å². The fourth-order valence-corrected chi connectivity index (χ4v) is 3.36. The lowest BCUT2D eigenvalue weighted by Crippen LogP contribution is -2.17. The number of rotatable bonds is 7. The Morgan fingerprint density at radius 2 is 1.93 bits per heavy atom. The Hall–Kier alpha value is -2.68. The molecule has 0 saturated heterocycles. The van der Waals surface area contributed by atoms with Crippen LogP contribution in [0.25, 0.3) is 5.69 Å². The Labute approximate surface area is 175 Å². The van der Waals surface area contributed by atoms with Crippen LogP contribution < -0.4 is 5.32 Å². The Kier molecular flexibility index (Phi) is 6.36. The molecule has 3 rings (SSSR count). The normalized spacial score (nSPS) is 11.8. The molecule has 9 heteroatoms. The molecule has 8 nitrogen and oxygen atoms in total. The van der Waals surface area contributed by atoms with Crippen LogP contribution in [-0.4, -0.2) is 41.6 Å². The summed E-state index contributed by atoms with van der Waals surface area (Å²) in [5, 5.41) is 20.1. The molecule has 0 aliphatic heterocycles. The Bertz CT molecular complexity index is 957. The van der Waals surface area contributed by atoms with Gasteiger partial charge >= 0.3 is 0 Å². The van der Waals surface area contributed by atoms with Crippen molar-refractivity contribution in [2.45, 2.75) is 51.7 Å². The van der Waals surface area contributed by atoms with Crippen LogP contribution in [0.5, 0.6) is 0 Å². The molecule has 0 atom stereocenters. The molecular weight excluding hydrogens is 386 g/mol. The summed E-state index contributed by atoms with van der Waals surface area (Å²) in [4.78, 5) is 12.6. The topological polar surface area (TPSA) is 90.5 Å². The number of nitrogens with zero attached hydrogens (tertiary/aromatic N) is 6. The van der Waals surface area contributed by atoms with E-state index in [4.69, 9.17) is 5.10 Å². The summed E-state index contributed by atoms with van der Waals surface area (Å²) in [6.45, 7) is 11.2. The van der Waals surface area contributed by atoms with Crippen molar-refractivity contribution in [3.05, 3.63) is 42.1 Å². The molecule has 1 aromatic carbocycles. The fourth-order valence-electron chi connectivity index (χ4n) is 2.67. The van der Waals surface area contributed by atoms with Crippen molar-refractivity contribution in [1.29, 1.82) is 0 Å². The van der Waals surface area contributed by atoms with Crippen molar-refractivity contribution in [1.82, 2.24) is 30.0 Å². The predicted molar refractivity (Wildman–Crippen MR) is 114 cm³/mol. The second-order valence-electron chi connectivity index (χ2n) is 8.29. The molecule has 29 heavy (non-hydrogen) atoms. The van der Waals surface area contributed by atoms with Gasteiger partial charge in [-0.25, -0.2) is 9.36 Å². The van der Waals surface area contributed by atoms with Crippen molar-refractivity contribution in [3.8, 4) is 5.69 Å². The van der Waals surface area contributed by atoms with E-state index in [0.717, 1.165) is 11.4 Å². The van der Waals surface area contributed by atoms with Gasteiger partial charge in [0.1, 0.15) is 5.82 Å². The predicted octanol–water partition coefficient (Wildman–Crippen LogP) is 3.54. The number of hydrogen-bond acceptors (Lipinski definition) is 6. The van der Waals surface area contributed by atoms with E-state index in [2.05, 4.69) is 55.5 Å². The van der Waals surface area contributed by atoms with Crippen molar-refractivity contribution in [2.75, 3.05) is 11.1 Å². The van der Waals surface area contributed by atoms with Crippen LogP contribution in [0.15, 0.2) is 41.6 Å².